The number of benzene rings is 2. The fourth-order valence-corrected chi connectivity index (χ4v) is 2.15. The number of hydrogen-bond acceptors (Lipinski definition) is 2. The summed E-state index contributed by atoms with van der Waals surface area (Å²) in [6, 6.07) is 11.7. The predicted octanol–water partition coefficient (Wildman–Crippen LogP) is 3.87. The van der Waals surface area contributed by atoms with Crippen molar-refractivity contribution >= 4 is 27.5 Å². The first-order chi connectivity index (χ1) is 9.54. The summed E-state index contributed by atoms with van der Waals surface area (Å²) in [4.78, 5) is 13.7. The van der Waals surface area contributed by atoms with Gasteiger partial charge < -0.3 is 9.64 Å². The molecule has 20 heavy (non-hydrogen) atoms. The number of carbonyl (C=O) groups excluding carboxylic acids is 1. The molecule has 0 aromatic heterocycles. The van der Waals surface area contributed by atoms with Gasteiger partial charge in [-0.3, -0.25) is 4.79 Å². The zero-order chi connectivity index (χ0) is 14.7. The van der Waals surface area contributed by atoms with Gasteiger partial charge in [-0.05, 0) is 40.2 Å². The molecule has 0 saturated heterocycles. The first kappa shape index (κ1) is 14.5. The number of halogens is 2. The SMILES string of the molecule is COc1cccc(N(C)C(=O)c2cccc(Br)c2F)c1. The summed E-state index contributed by atoms with van der Waals surface area (Å²) < 4.78 is 19.3. The highest BCUT2D eigenvalue weighted by molar-refractivity contribution is 9.10. The van der Waals surface area contributed by atoms with Crippen LogP contribution in [0.3, 0.4) is 0 Å². The van der Waals surface area contributed by atoms with Gasteiger partial charge in [0.05, 0.1) is 17.1 Å². The largest absolute Gasteiger partial charge is 0.497 e. The molecule has 0 atom stereocenters. The number of carbonyl (C=O) groups is 1. The van der Waals surface area contributed by atoms with Crippen molar-refractivity contribution in [2.75, 3.05) is 19.1 Å². The summed E-state index contributed by atoms with van der Waals surface area (Å²) in [6.07, 6.45) is 0. The van der Waals surface area contributed by atoms with Gasteiger partial charge in [0.15, 0.2) is 0 Å². The van der Waals surface area contributed by atoms with Crippen LogP contribution in [0.1, 0.15) is 10.4 Å². The molecule has 2 rings (SSSR count). The van der Waals surface area contributed by atoms with Crippen LogP contribution in [0.4, 0.5) is 10.1 Å². The Morgan fingerprint density at radius 3 is 2.65 bits per heavy atom. The van der Waals surface area contributed by atoms with Crippen LogP contribution in [0.2, 0.25) is 0 Å². The molecule has 104 valence electrons. The van der Waals surface area contributed by atoms with Crippen molar-refractivity contribution in [3.05, 3.63) is 58.3 Å². The van der Waals surface area contributed by atoms with Gasteiger partial charge in [-0.1, -0.05) is 12.1 Å². The maximum absolute atomic E-state index is 14.0. The van der Waals surface area contributed by atoms with Crippen molar-refractivity contribution in [2.45, 2.75) is 0 Å². The number of rotatable bonds is 3. The van der Waals surface area contributed by atoms with E-state index in [9.17, 15) is 9.18 Å². The highest BCUT2D eigenvalue weighted by atomic mass is 79.9. The van der Waals surface area contributed by atoms with Crippen LogP contribution in [0.15, 0.2) is 46.9 Å². The Labute approximate surface area is 125 Å². The van der Waals surface area contributed by atoms with Crippen molar-refractivity contribution in [1.82, 2.24) is 0 Å². The Balaban J connectivity index is 2.35. The molecule has 0 bridgehead atoms. The van der Waals surface area contributed by atoms with Crippen molar-refractivity contribution in [3.8, 4) is 5.75 Å². The lowest BCUT2D eigenvalue weighted by atomic mass is 10.1. The number of ether oxygens (including phenoxy) is 1. The summed E-state index contributed by atoms with van der Waals surface area (Å²) in [5, 5.41) is 0. The smallest absolute Gasteiger partial charge is 0.261 e. The van der Waals surface area contributed by atoms with Gasteiger partial charge in [0.2, 0.25) is 0 Å². The Kier molecular flexibility index (Phi) is 4.39. The lowest BCUT2D eigenvalue weighted by Gasteiger charge is -2.18. The third kappa shape index (κ3) is 2.82. The van der Waals surface area contributed by atoms with E-state index < -0.39 is 11.7 Å². The molecular weight excluding hydrogens is 325 g/mol. The normalized spacial score (nSPS) is 10.2. The molecule has 0 radical (unpaired) electrons. The van der Waals surface area contributed by atoms with Gasteiger partial charge in [-0.25, -0.2) is 4.39 Å². The lowest BCUT2D eigenvalue weighted by molar-refractivity contribution is 0.0989. The molecule has 2 aromatic rings. The van der Waals surface area contributed by atoms with Gasteiger partial charge in [0.25, 0.3) is 5.91 Å². The van der Waals surface area contributed by atoms with E-state index in [1.165, 1.54) is 11.0 Å². The Bertz CT molecular complexity index is 646. The van der Waals surface area contributed by atoms with Crippen molar-refractivity contribution < 1.29 is 13.9 Å². The third-order valence-corrected chi connectivity index (χ3v) is 3.54. The van der Waals surface area contributed by atoms with E-state index in [-0.39, 0.29) is 10.0 Å². The molecule has 0 spiro atoms. The number of methoxy groups -OCH3 is 1. The molecular formula is C15H13BrFNO2. The third-order valence-electron chi connectivity index (χ3n) is 2.93. The van der Waals surface area contributed by atoms with E-state index in [1.54, 1.807) is 50.6 Å². The first-order valence-corrected chi connectivity index (χ1v) is 6.70. The minimum Gasteiger partial charge on any atom is -0.497 e. The van der Waals surface area contributed by atoms with Crippen LogP contribution in [0.25, 0.3) is 0 Å². The molecule has 5 heteroatoms. The zero-order valence-corrected chi connectivity index (χ0v) is 12.6. The highest BCUT2D eigenvalue weighted by Crippen LogP contribution is 2.24. The summed E-state index contributed by atoms with van der Waals surface area (Å²) >= 11 is 3.08. The van der Waals surface area contributed by atoms with Crippen LogP contribution in [0.5, 0.6) is 5.75 Å². The number of nitrogens with zero attached hydrogens (tertiary/aromatic N) is 1. The van der Waals surface area contributed by atoms with Crippen LogP contribution < -0.4 is 9.64 Å². The van der Waals surface area contributed by atoms with E-state index in [2.05, 4.69) is 15.9 Å². The van der Waals surface area contributed by atoms with Crippen LogP contribution >= 0.6 is 15.9 Å². The molecule has 2 aromatic carbocycles. The quantitative estimate of drug-likeness (QED) is 0.850. The average Bonchev–Trinajstić information content (AvgIpc) is 2.48. The monoisotopic (exact) mass is 337 g/mol. The topological polar surface area (TPSA) is 29.5 Å². The van der Waals surface area contributed by atoms with Gasteiger partial charge in [0, 0.05) is 18.8 Å². The minimum atomic E-state index is -0.563. The van der Waals surface area contributed by atoms with Gasteiger partial charge in [-0.2, -0.15) is 0 Å². The van der Waals surface area contributed by atoms with Crippen molar-refractivity contribution in [1.29, 1.82) is 0 Å². The van der Waals surface area contributed by atoms with Crippen molar-refractivity contribution in [2.24, 2.45) is 0 Å². The molecule has 0 N–H and O–H groups in total. The minimum absolute atomic E-state index is 0.0182. The molecule has 0 fully saturated rings. The van der Waals surface area contributed by atoms with Crippen LogP contribution in [-0.4, -0.2) is 20.1 Å². The van der Waals surface area contributed by atoms with Crippen LogP contribution in [-0.2, 0) is 0 Å². The molecule has 0 unspecified atom stereocenters. The molecule has 1 amide bonds. The van der Waals surface area contributed by atoms with Gasteiger partial charge in [0.1, 0.15) is 11.6 Å². The molecule has 0 heterocycles. The maximum atomic E-state index is 14.0. The molecule has 3 nitrogen and oxygen atoms in total. The first-order valence-electron chi connectivity index (χ1n) is 5.90. The summed E-state index contributed by atoms with van der Waals surface area (Å²) in [5.74, 6) is -0.346. The predicted molar refractivity (Wildman–Crippen MR) is 79.8 cm³/mol. The Hall–Kier alpha value is -1.88. The Morgan fingerprint density at radius 2 is 1.95 bits per heavy atom. The summed E-state index contributed by atoms with van der Waals surface area (Å²) in [5.41, 5.74) is 0.651. The van der Waals surface area contributed by atoms with Crippen LogP contribution in [0, 0.1) is 5.82 Å². The summed E-state index contributed by atoms with van der Waals surface area (Å²) in [6.45, 7) is 0. The second kappa shape index (κ2) is 6.05. The van der Waals surface area contributed by atoms with Gasteiger partial charge in [-0.15, -0.1) is 0 Å². The molecule has 0 aliphatic rings. The second-order valence-corrected chi connectivity index (χ2v) is 5.02. The Morgan fingerprint density at radius 1 is 1.25 bits per heavy atom. The summed E-state index contributed by atoms with van der Waals surface area (Å²) in [7, 11) is 3.15. The molecule has 0 aliphatic heterocycles. The lowest BCUT2D eigenvalue weighted by Crippen LogP contribution is -2.27. The maximum Gasteiger partial charge on any atom is 0.261 e. The zero-order valence-electron chi connectivity index (χ0n) is 11.1. The number of amides is 1. The number of anilines is 1. The van der Waals surface area contributed by atoms with E-state index in [0.717, 1.165) is 0 Å². The van der Waals surface area contributed by atoms with E-state index in [1.807, 2.05) is 0 Å². The second-order valence-electron chi connectivity index (χ2n) is 4.17. The fraction of sp³-hybridized carbons (Fsp3) is 0.133. The average molecular weight is 338 g/mol. The standard InChI is InChI=1S/C15H13BrFNO2/c1-18(10-5-3-6-11(9-10)20-2)15(19)12-7-4-8-13(16)14(12)17/h3-9H,1-2H3. The number of hydrogen-bond donors (Lipinski definition) is 0. The van der Waals surface area contributed by atoms with Crippen molar-refractivity contribution in [3.63, 3.8) is 0 Å². The van der Waals surface area contributed by atoms with E-state index in [0.29, 0.717) is 11.4 Å². The van der Waals surface area contributed by atoms with Gasteiger partial charge >= 0.3 is 0 Å². The van der Waals surface area contributed by atoms with E-state index >= 15 is 0 Å². The fourth-order valence-electron chi connectivity index (χ4n) is 1.79. The molecule has 0 saturated carbocycles. The van der Waals surface area contributed by atoms with E-state index in [4.69, 9.17) is 4.74 Å². The highest BCUT2D eigenvalue weighted by Gasteiger charge is 2.19. The molecule has 0 aliphatic carbocycles.